The van der Waals surface area contributed by atoms with E-state index in [0.29, 0.717) is 24.5 Å². The first kappa shape index (κ1) is 30.2. The summed E-state index contributed by atoms with van der Waals surface area (Å²) >= 11 is 0. The van der Waals surface area contributed by atoms with E-state index in [9.17, 15) is 22.8 Å². The molecular weight excluding hydrogens is 563 g/mol. The molecule has 1 aromatic heterocycles. The van der Waals surface area contributed by atoms with Gasteiger partial charge < -0.3 is 19.1 Å². The van der Waals surface area contributed by atoms with E-state index < -0.39 is 30.0 Å². The fourth-order valence-electron chi connectivity index (χ4n) is 5.39. The van der Waals surface area contributed by atoms with E-state index in [0.717, 1.165) is 54.2 Å². The van der Waals surface area contributed by atoms with Crippen LogP contribution in [0.4, 0.5) is 23.8 Å². The number of hydrogen-bond acceptors (Lipinski definition) is 7. The SMILES string of the molecule is CCOC(=O)CCc1ccc(OC)c(-c2ccc(N3CCC3)nc2CN2C(=O)OC(c3cccc(C(F)(F)F)c3)C2C)c1. The van der Waals surface area contributed by atoms with E-state index in [1.54, 1.807) is 21.0 Å². The van der Waals surface area contributed by atoms with Crippen LogP contribution in [0, 0.1) is 0 Å². The number of esters is 1. The van der Waals surface area contributed by atoms with Crippen molar-refractivity contribution in [2.24, 2.45) is 0 Å². The van der Waals surface area contributed by atoms with Crippen LogP contribution >= 0.6 is 0 Å². The van der Waals surface area contributed by atoms with Gasteiger partial charge in [-0.15, -0.1) is 0 Å². The molecular formula is C32H34F3N3O5. The molecule has 0 bridgehead atoms. The molecule has 0 aliphatic carbocycles. The molecule has 2 aromatic carbocycles. The summed E-state index contributed by atoms with van der Waals surface area (Å²) in [6, 6.07) is 13.9. The van der Waals surface area contributed by atoms with Crippen molar-refractivity contribution in [3.63, 3.8) is 0 Å². The smallest absolute Gasteiger partial charge is 0.416 e. The number of halogens is 3. The monoisotopic (exact) mass is 597 g/mol. The summed E-state index contributed by atoms with van der Waals surface area (Å²) in [6.07, 6.45) is -4.26. The molecule has 5 rings (SSSR count). The number of alkyl halides is 3. The van der Waals surface area contributed by atoms with Gasteiger partial charge in [-0.3, -0.25) is 9.69 Å². The van der Waals surface area contributed by atoms with Crippen molar-refractivity contribution in [2.75, 3.05) is 31.7 Å². The number of hydrogen-bond donors (Lipinski definition) is 0. The fraction of sp³-hybridized carbons (Fsp3) is 0.406. The molecule has 228 valence electrons. The molecule has 2 saturated heterocycles. The van der Waals surface area contributed by atoms with Gasteiger partial charge in [0.2, 0.25) is 0 Å². The first-order chi connectivity index (χ1) is 20.6. The maximum atomic E-state index is 13.4. The van der Waals surface area contributed by atoms with E-state index >= 15 is 0 Å². The minimum atomic E-state index is -4.51. The zero-order chi connectivity index (χ0) is 30.7. The normalized spacial score (nSPS) is 18.3. The number of carbonyl (C=O) groups excluding carboxylic acids is 2. The van der Waals surface area contributed by atoms with Gasteiger partial charge in [-0.05, 0) is 74.2 Å². The van der Waals surface area contributed by atoms with Crippen LogP contribution in [0.5, 0.6) is 5.75 Å². The largest absolute Gasteiger partial charge is 0.496 e. The molecule has 2 fully saturated rings. The van der Waals surface area contributed by atoms with Crippen LogP contribution < -0.4 is 9.64 Å². The van der Waals surface area contributed by atoms with E-state index in [2.05, 4.69) is 4.90 Å². The highest BCUT2D eigenvalue weighted by atomic mass is 19.4. The van der Waals surface area contributed by atoms with Crippen molar-refractivity contribution < 1.29 is 37.0 Å². The lowest BCUT2D eigenvalue weighted by molar-refractivity contribution is -0.143. The molecule has 3 heterocycles. The molecule has 43 heavy (non-hydrogen) atoms. The average Bonchev–Trinajstić information content (AvgIpc) is 3.23. The number of aryl methyl sites for hydroxylation is 1. The minimum absolute atomic E-state index is 0.0721. The van der Waals surface area contributed by atoms with Gasteiger partial charge in [0.1, 0.15) is 17.7 Å². The van der Waals surface area contributed by atoms with Crippen LogP contribution in [0.1, 0.15) is 55.2 Å². The molecule has 0 saturated carbocycles. The van der Waals surface area contributed by atoms with Crippen molar-refractivity contribution in [3.8, 4) is 16.9 Å². The third-order valence-corrected chi connectivity index (χ3v) is 7.87. The summed E-state index contributed by atoms with van der Waals surface area (Å²) in [7, 11) is 1.57. The number of ether oxygens (including phenoxy) is 3. The van der Waals surface area contributed by atoms with E-state index in [1.807, 2.05) is 30.3 Å². The van der Waals surface area contributed by atoms with Gasteiger partial charge in [-0.2, -0.15) is 13.2 Å². The van der Waals surface area contributed by atoms with Crippen LogP contribution in [0.2, 0.25) is 0 Å². The van der Waals surface area contributed by atoms with Crippen molar-refractivity contribution in [2.45, 2.75) is 58.0 Å². The number of rotatable bonds is 10. The maximum absolute atomic E-state index is 13.4. The molecule has 0 N–H and O–H groups in total. The van der Waals surface area contributed by atoms with Gasteiger partial charge in [0.25, 0.3) is 0 Å². The Hall–Kier alpha value is -4.28. The number of anilines is 1. The molecule has 1 amide bonds. The second-order valence-corrected chi connectivity index (χ2v) is 10.6. The first-order valence-corrected chi connectivity index (χ1v) is 14.3. The van der Waals surface area contributed by atoms with E-state index in [1.165, 1.54) is 17.0 Å². The Balaban J connectivity index is 1.48. The summed E-state index contributed by atoms with van der Waals surface area (Å²) in [5.74, 6) is 1.09. The summed E-state index contributed by atoms with van der Waals surface area (Å²) < 4.78 is 56.5. The number of cyclic esters (lactones) is 1. The van der Waals surface area contributed by atoms with Gasteiger partial charge in [0, 0.05) is 30.6 Å². The lowest BCUT2D eigenvalue weighted by Gasteiger charge is -2.33. The van der Waals surface area contributed by atoms with Crippen LogP contribution in [0.3, 0.4) is 0 Å². The Bertz CT molecular complexity index is 1490. The number of pyridine rings is 1. The highest BCUT2D eigenvalue weighted by Gasteiger charge is 2.41. The molecule has 0 radical (unpaired) electrons. The summed E-state index contributed by atoms with van der Waals surface area (Å²) in [5, 5.41) is 0. The molecule has 8 nitrogen and oxygen atoms in total. The van der Waals surface area contributed by atoms with Gasteiger partial charge in [0.15, 0.2) is 0 Å². The highest BCUT2D eigenvalue weighted by Crippen LogP contribution is 2.39. The maximum Gasteiger partial charge on any atom is 0.416 e. The predicted octanol–water partition coefficient (Wildman–Crippen LogP) is 6.56. The quantitative estimate of drug-likeness (QED) is 0.245. The Morgan fingerprint density at radius 2 is 1.88 bits per heavy atom. The second-order valence-electron chi connectivity index (χ2n) is 10.6. The molecule has 0 spiro atoms. The zero-order valence-corrected chi connectivity index (χ0v) is 24.3. The van der Waals surface area contributed by atoms with Crippen molar-refractivity contribution in [1.82, 2.24) is 9.88 Å². The summed E-state index contributed by atoms with van der Waals surface area (Å²) in [5.41, 5.74) is 2.46. The molecule has 2 atom stereocenters. The van der Waals surface area contributed by atoms with Crippen LogP contribution in [0.15, 0.2) is 54.6 Å². The Kier molecular flexibility index (Phi) is 8.79. The second kappa shape index (κ2) is 12.5. The van der Waals surface area contributed by atoms with Crippen molar-refractivity contribution in [3.05, 3.63) is 77.0 Å². The van der Waals surface area contributed by atoms with Crippen LogP contribution in [-0.4, -0.2) is 54.8 Å². The fourth-order valence-corrected chi connectivity index (χ4v) is 5.39. The third kappa shape index (κ3) is 6.55. The zero-order valence-electron chi connectivity index (χ0n) is 24.3. The number of aromatic nitrogens is 1. The molecule has 2 unspecified atom stereocenters. The topological polar surface area (TPSA) is 81.2 Å². The molecule has 3 aromatic rings. The van der Waals surface area contributed by atoms with Gasteiger partial charge in [0.05, 0.1) is 37.6 Å². The summed E-state index contributed by atoms with van der Waals surface area (Å²) in [6.45, 7) is 5.65. The Morgan fingerprint density at radius 1 is 1.09 bits per heavy atom. The molecule has 2 aliphatic heterocycles. The van der Waals surface area contributed by atoms with Gasteiger partial charge in [-0.1, -0.05) is 18.2 Å². The number of amides is 1. The van der Waals surface area contributed by atoms with Crippen LogP contribution in [-0.2, 0) is 33.4 Å². The first-order valence-electron chi connectivity index (χ1n) is 14.3. The average molecular weight is 598 g/mol. The Morgan fingerprint density at radius 3 is 2.56 bits per heavy atom. The lowest BCUT2D eigenvalue weighted by atomic mass is 9.97. The lowest BCUT2D eigenvalue weighted by Crippen LogP contribution is -2.38. The number of benzene rings is 2. The standard InChI is InChI=1S/C32H34F3N3O5/c1-4-42-29(39)14-10-21-9-12-27(41-3)25(17-21)24-11-13-28(37-15-6-16-37)36-26(24)19-38-20(2)30(43-31(38)40)22-7-5-8-23(18-22)32(33,34)35/h5,7-9,11-13,17-18,20,30H,4,6,10,14-16,19H2,1-3H3. The third-order valence-electron chi connectivity index (χ3n) is 7.87. The van der Waals surface area contributed by atoms with E-state index in [4.69, 9.17) is 19.2 Å². The molecule has 2 aliphatic rings. The van der Waals surface area contributed by atoms with E-state index in [-0.39, 0.29) is 24.5 Å². The van der Waals surface area contributed by atoms with Crippen molar-refractivity contribution in [1.29, 1.82) is 0 Å². The van der Waals surface area contributed by atoms with Crippen LogP contribution in [0.25, 0.3) is 11.1 Å². The number of methoxy groups -OCH3 is 1. The number of carbonyl (C=O) groups is 2. The van der Waals surface area contributed by atoms with Gasteiger partial charge in [-0.25, -0.2) is 9.78 Å². The highest BCUT2D eigenvalue weighted by molar-refractivity contribution is 5.76. The van der Waals surface area contributed by atoms with Crippen molar-refractivity contribution >= 4 is 17.9 Å². The molecule has 11 heteroatoms. The summed E-state index contributed by atoms with van der Waals surface area (Å²) in [4.78, 5) is 33.7. The Labute approximate surface area is 248 Å². The minimum Gasteiger partial charge on any atom is -0.496 e. The van der Waals surface area contributed by atoms with Gasteiger partial charge >= 0.3 is 18.2 Å². The predicted molar refractivity (Wildman–Crippen MR) is 154 cm³/mol. The number of nitrogens with zero attached hydrogens (tertiary/aromatic N) is 3.